The molecule has 0 bridgehead atoms. The molecule has 0 amide bonds. The maximum Gasteiger partial charge on any atom is 0.418 e. The summed E-state index contributed by atoms with van der Waals surface area (Å²) in [6.07, 6.45) is -9.96. The molecule has 0 saturated carbocycles. The zero-order valence-corrected chi connectivity index (χ0v) is 14.3. The first-order chi connectivity index (χ1) is 13.5. The van der Waals surface area contributed by atoms with Crippen molar-refractivity contribution in [2.24, 2.45) is 0 Å². The molecule has 0 aliphatic heterocycles. The first-order valence-corrected chi connectivity index (χ1v) is 8.19. The zero-order chi connectivity index (χ0) is 21.0. The van der Waals surface area contributed by atoms with E-state index in [4.69, 9.17) is 0 Å². The van der Waals surface area contributed by atoms with E-state index >= 15 is 0 Å². The minimum Gasteiger partial charge on any atom is -0.508 e. The molecule has 0 fully saturated rings. The first-order valence-electron chi connectivity index (χ1n) is 8.19. The minimum atomic E-state index is -5.02. The second-order valence-corrected chi connectivity index (χ2v) is 6.34. The third-order valence-corrected chi connectivity index (χ3v) is 4.34. The Labute approximate surface area is 158 Å². The van der Waals surface area contributed by atoms with Crippen molar-refractivity contribution >= 4 is 33.4 Å². The van der Waals surface area contributed by atoms with Crippen LogP contribution in [0.4, 0.5) is 38.0 Å². The highest BCUT2D eigenvalue weighted by molar-refractivity contribution is 5.96. The molecule has 10 heteroatoms. The number of aromatic hydroxyl groups is 1. The smallest absolute Gasteiger partial charge is 0.418 e. The molecule has 0 unspecified atom stereocenters. The Morgan fingerprint density at radius 1 is 0.897 bits per heavy atom. The van der Waals surface area contributed by atoms with Gasteiger partial charge < -0.3 is 15.4 Å². The number of benzene rings is 3. The number of fused-ring (bicyclic) bond motifs is 2. The van der Waals surface area contributed by atoms with Crippen LogP contribution in [0.2, 0.25) is 0 Å². The van der Waals surface area contributed by atoms with E-state index in [2.05, 4.69) is 15.3 Å². The van der Waals surface area contributed by atoms with Crippen LogP contribution < -0.4 is 5.32 Å². The Bertz CT molecular complexity index is 1230. The first kappa shape index (κ1) is 18.9. The molecule has 3 aromatic carbocycles. The number of rotatable bonds is 2. The van der Waals surface area contributed by atoms with E-state index in [0.717, 1.165) is 5.39 Å². The molecule has 0 aliphatic carbocycles. The molecule has 0 spiro atoms. The molecule has 1 heterocycles. The maximum absolute atomic E-state index is 13.3. The van der Waals surface area contributed by atoms with E-state index in [0.29, 0.717) is 17.1 Å². The van der Waals surface area contributed by atoms with E-state index in [-0.39, 0.29) is 17.8 Å². The normalized spacial score (nSPS) is 12.6. The summed E-state index contributed by atoms with van der Waals surface area (Å²) in [6.45, 7) is 0. The number of nitrogens with zero attached hydrogens (tertiary/aromatic N) is 1. The Morgan fingerprint density at radius 2 is 1.66 bits per heavy atom. The van der Waals surface area contributed by atoms with Crippen LogP contribution in [0.25, 0.3) is 21.8 Å². The average molecular weight is 411 g/mol. The predicted molar refractivity (Wildman–Crippen MR) is 95.0 cm³/mol. The number of halogens is 6. The van der Waals surface area contributed by atoms with Crippen LogP contribution in [0.3, 0.4) is 0 Å². The summed E-state index contributed by atoms with van der Waals surface area (Å²) in [5.74, 6) is -0.189. The second kappa shape index (κ2) is 6.29. The van der Waals surface area contributed by atoms with Crippen molar-refractivity contribution in [3.05, 3.63) is 59.7 Å². The summed E-state index contributed by atoms with van der Waals surface area (Å²) in [5, 5.41) is 13.8. The molecule has 4 rings (SSSR count). The molecule has 4 aromatic rings. The van der Waals surface area contributed by atoms with Gasteiger partial charge in [0, 0.05) is 11.1 Å². The van der Waals surface area contributed by atoms with Gasteiger partial charge >= 0.3 is 12.4 Å². The van der Waals surface area contributed by atoms with Crippen LogP contribution in [0.15, 0.2) is 48.5 Å². The van der Waals surface area contributed by atoms with Crippen LogP contribution in [-0.2, 0) is 12.4 Å². The maximum atomic E-state index is 13.3. The van der Waals surface area contributed by atoms with Crippen molar-refractivity contribution in [2.45, 2.75) is 12.4 Å². The van der Waals surface area contributed by atoms with Crippen LogP contribution >= 0.6 is 0 Å². The van der Waals surface area contributed by atoms with E-state index in [1.54, 1.807) is 24.3 Å². The Hall–Kier alpha value is -3.43. The van der Waals surface area contributed by atoms with Crippen molar-refractivity contribution in [3.63, 3.8) is 0 Å². The third-order valence-electron chi connectivity index (χ3n) is 4.34. The summed E-state index contributed by atoms with van der Waals surface area (Å²) in [4.78, 5) is 6.27. The number of hydrogen-bond acceptors (Lipinski definition) is 3. The molecule has 29 heavy (non-hydrogen) atoms. The van der Waals surface area contributed by atoms with E-state index in [1.165, 1.54) is 12.1 Å². The molecule has 0 saturated heterocycles. The Balaban J connectivity index is 1.85. The molecular weight excluding hydrogens is 400 g/mol. The summed E-state index contributed by atoms with van der Waals surface area (Å²) in [7, 11) is 0. The number of alkyl halides is 6. The number of aromatic amines is 1. The van der Waals surface area contributed by atoms with Gasteiger partial charge in [-0.3, -0.25) is 0 Å². The van der Waals surface area contributed by atoms with Gasteiger partial charge in [0.25, 0.3) is 0 Å². The van der Waals surface area contributed by atoms with Crippen molar-refractivity contribution in [1.29, 1.82) is 0 Å². The van der Waals surface area contributed by atoms with Gasteiger partial charge in [0.05, 0.1) is 16.6 Å². The number of nitrogens with one attached hydrogen (secondary N) is 2. The number of anilines is 2. The van der Waals surface area contributed by atoms with Crippen molar-refractivity contribution in [3.8, 4) is 5.75 Å². The standard InChI is InChI=1S/C19H11F6N3O/c20-18(21,22)10-6-13(19(23,24)25)16-15(7-10)27-17(28-16)26-14-3-1-2-9-4-5-11(29)8-12(9)14/h1-8,29H,(H2,26,27,28). The van der Waals surface area contributed by atoms with Gasteiger partial charge in [-0.2, -0.15) is 26.3 Å². The van der Waals surface area contributed by atoms with E-state index < -0.39 is 34.5 Å². The van der Waals surface area contributed by atoms with Gasteiger partial charge in [-0.25, -0.2) is 4.98 Å². The van der Waals surface area contributed by atoms with Crippen LogP contribution in [0.5, 0.6) is 5.75 Å². The molecule has 0 atom stereocenters. The number of hydrogen-bond donors (Lipinski definition) is 3. The highest BCUT2D eigenvalue weighted by atomic mass is 19.4. The summed E-state index contributed by atoms with van der Waals surface area (Å²) >= 11 is 0. The van der Waals surface area contributed by atoms with E-state index in [9.17, 15) is 31.4 Å². The molecule has 0 radical (unpaired) electrons. The second-order valence-electron chi connectivity index (χ2n) is 6.34. The van der Waals surface area contributed by atoms with E-state index in [1.807, 2.05) is 0 Å². The lowest BCUT2D eigenvalue weighted by molar-refractivity contribution is -0.142. The fraction of sp³-hybridized carbons (Fsp3) is 0.105. The monoisotopic (exact) mass is 411 g/mol. The lowest BCUT2D eigenvalue weighted by Gasteiger charge is -2.11. The quantitative estimate of drug-likeness (QED) is 0.344. The Morgan fingerprint density at radius 3 is 2.34 bits per heavy atom. The number of aromatic nitrogens is 2. The van der Waals surface area contributed by atoms with Gasteiger partial charge in [0.2, 0.25) is 5.95 Å². The molecule has 4 nitrogen and oxygen atoms in total. The van der Waals surface area contributed by atoms with Gasteiger partial charge in [-0.15, -0.1) is 0 Å². The fourth-order valence-corrected chi connectivity index (χ4v) is 3.05. The van der Waals surface area contributed by atoms with Gasteiger partial charge in [0.1, 0.15) is 11.3 Å². The SMILES string of the molecule is Oc1ccc2cccc(Nc3nc4c(C(F)(F)F)cc(C(F)(F)F)cc4[nH]3)c2c1. The molecule has 3 N–H and O–H groups in total. The number of phenolic OH excluding ortho intramolecular Hbond substituents is 1. The number of phenols is 1. The van der Waals surface area contributed by atoms with Gasteiger partial charge in [0.15, 0.2) is 0 Å². The number of H-pyrrole nitrogens is 1. The van der Waals surface area contributed by atoms with Crippen molar-refractivity contribution in [1.82, 2.24) is 9.97 Å². The van der Waals surface area contributed by atoms with Crippen molar-refractivity contribution in [2.75, 3.05) is 5.32 Å². The van der Waals surface area contributed by atoms with Crippen LogP contribution in [0.1, 0.15) is 11.1 Å². The van der Waals surface area contributed by atoms with Crippen LogP contribution in [0, 0.1) is 0 Å². The summed E-state index contributed by atoms with van der Waals surface area (Å²) in [6, 6.07) is 10.2. The third kappa shape index (κ3) is 3.53. The molecule has 1 aromatic heterocycles. The highest BCUT2D eigenvalue weighted by Gasteiger charge is 2.39. The molecule has 150 valence electrons. The highest BCUT2D eigenvalue weighted by Crippen LogP contribution is 2.40. The van der Waals surface area contributed by atoms with Gasteiger partial charge in [-0.1, -0.05) is 18.2 Å². The largest absolute Gasteiger partial charge is 0.508 e. The summed E-state index contributed by atoms with van der Waals surface area (Å²) < 4.78 is 78.9. The van der Waals surface area contributed by atoms with Crippen molar-refractivity contribution < 1.29 is 31.4 Å². The minimum absolute atomic E-state index is 0.0227. The van der Waals surface area contributed by atoms with Gasteiger partial charge in [-0.05, 0) is 35.7 Å². The average Bonchev–Trinajstić information content (AvgIpc) is 3.02. The number of imidazole rings is 1. The topological polar surface area (TPSA) is 60.9 Å². The van der Waals surface area contributed by atoms with Crippen LogP contribution in [-0.4, -0.2) is 15.1 Å². The lowest BCUT2D eigenvalue weighted by atomic mass is 10.1. The Kier molecular flexibility index (Phi) is 4.10. The molecule has 0 aliphatic rings. The zero-order valence-electron chi connectivity index (χ0n) is 14.3. The predicted octanol–water partition coefficient (Wildman–Crippen LogP) is 6.20. The summed E-state index contributed by atoms with van der Waals surface area (Å²) in [5.41, 5.74) is -3.54. The fourth-order valence-electron chi connectivity index (χ4n) is 3.05. The molecular formula is C19H11F6N3O. The lowest BCUT2D eigenvalue weighted by Crippen LogP contribution is -2.11.